The summed E-state index contributed by atoms with van der Waals surface area (Å²) in [6.07, 6.45) is 5.55. The molecule has 2 fully saturated rings. The molecule has 4 rings (SSSR count). The number of pyridine rings is 1. The van der Waals surface area contributed by atoms with Gasteiger partial charge in [0.25, 0.3) is 5.91 Å². The van der Waals surface area contributed by atoms with Crippen molar-refractivity contribution in [3.05, 3.63) is 53.7 Å². The SMILES string of the molecule is N#Cc1cccnc1N1CCN(C(=O)c2ccc(S(=O)(=O)N3CCCCCC3)cc2)CC1. The highest BCUT2D eigenvalue weighted by atomic mass is 32.2. The molecule has 0 spiro atoms. The maximum absolute atomic E-state index is 13.0. The van der Waals surface area contributed by atoms with E-state index in [1.807, 2.05) is 4.90 Å². The third kappa shape index (κ3) is 4.61. The maximum atomic E-state index is 13.0. The molecule has 9 heteroatoms. The molecule has 0 unspecified atom stereocenters. The quantitative estimate of drug-likeness (QED) is 0.706. The molecule has 0 radical (unpaired) electrons. The van der Waals surface area contributed by atoms with Crippen LogP contribution in [0.3, 0.4) is 0 Å². The Bertz CT molecular complexity index is 1100. The summed E-state index contributed by atoms with van der Waals surface area (Å²) in [7, 11) is -3.53. The Balaban J connectivity index is 1.41. The number of benzene rings is 1. The van der Waals surface area contributed by atoms with Crippen molar-refractivity contribution >= 4 is 21.7 Å². The van der Waals surface area contributed by atoms with Gasteiger partial charge in [-0.05, 0) is 49.2 Å². The van der Waals surface area contributed by atoms with E-state index in [4.69, 9.17) is 0 Å². The normalized spacial score (nSPS) is 18.1. The van der Waals surface area contributed by atoms with E-state index >= 15 is 0 Å². The summed E-state index contributed by atoms with van der Waals surface area (Å²) in [6.45, 7) is 3.29. The minimum Gasteiger partial charge on any atom is -0.352 e. The molecule has 2 saturated heterocycles. The van der Waals surface area contributed by atoms with E-state index in [0.29, 0.717) is 56.2 Å². The van der Waals surface area contributed by atoms with Gasteiger partial charge in [0, 0.05) is 51.0 Å². The second kappa shape index (κ2) is 9.67. The smallest absolute Gasteiger partial charge is 0.253 e. The Morgan fingerprint density at radius 1 is 0.906 bits per heavy atom. The van der Waals surface area contributed by atoms with Crippen LogP contribution in [0.1, 0.15) is 41.6 Å². The van der Waals surface area contributed by atoms with E-state index in [1.54, 1.807) is 39.7 Å². The molecule has 2 aliphatic heterocycles. The largest absolute Gasteiger partial charge is 0.352 e. The van der Waals surface area contributed by atoms with Crippen LogP contribution < -0.4 is 4.90 Å². The van der Waals surface area contributed by atoms with Crippen LogP contribution in [-0.4, -0.2) is 67.8 Å². The fraction of sp³-hybridized carbons (Fsp3) is 0.435. The number of aromatic nitrogens is 1. The molecular formula is C23H27N5O3S. The molecule has 1 aromatic carbocycles. The number of piperazine rings is 1. The minimum absolute atomic E-state index is 0.120. The van der Waals surface area contributed by atoms with Gasteiger partial charge in [0.1, 0.15) is 11.9 Å². The number of nitriles is 1. The first-order valence-corrected chi connectivity index (χ1v) is 12.4. The first kappa shape index (κ1) is 22.2. The Labute approximate surface area is 189 Å². The summed E-state index contributed by atoms with van der Waals surface area (Å²) in [5.41, 5.74) is 0.997. The summed E-state index contributed by atoms with van der Waals surface area (Å²) >= 11 is 0. The van der Waals surface area contributed by atoms with Gasteiger partial charge in [-0.15, -0.1) is 0 Å². The fourth-order valence-corrected chi connectivity index (χ4v) is 5.76. The van der Waals surface area contributed by atoms with Crippen LogP contribution in [-0.2, 0) is 10.0 Å². The molecule has 2 aromatic rings. The van der Waals surface area contributed by atoms with Crippen molar-refractivity contribution in [2.75, 3.05) is 44.2 Å². The lowest BCUT2D eigenvalue weighted by Crippen LogP contribution is -2.49. The van der Waals surface area contributed by atoms with E-state index in [1.165, 1.54) is 12.1 Å². The average molecular weight is 454 g/mol. The van der Waals surface area contributed by atoms with E-state index < -0.39 is 10.0 Å². The Morgan fingerprint density at radius 2 is 1.56 bits per heavy atom. The van der Waals surface area contributed by atoms with E-state index in [2.05, 4.69) is 11.1 Å². The standard InChI is InChI=1S/C23H27N5O3S/c24-18-20-6-5-11-25-22(20)26-14-16-27(17-15-26)23(29)19-7-9-21(10-8-19)32(30,31)28-12-3-1-2-4-13-28/h5-11H,1-4,12-17H2. The number of nitrogens with zero attached hydrogens (tertiary/aromatic N) is 5. The lowest BCUT2D eigenvalue weighted by atomic mass is 10.1. The lowest BCUT2D eigenvalue weighted by molar-refractivity contribution is 0.0746. The Hall–Kier alpha value is -2.96. The third-order valence-corrected chi connectivity index (χ3v) is 7.99. The van der Waals surface area contributed by atoms with Gasteiger partial charge >= 0.3 is 0 Å². The van der Waals surface area contributed by atoms with Crippen molar-refractivity contribution in [1.29, 1.82) is 5.26 Å². The van der Waals surface area contributed by atoms with Gasteiger partial charge < -0.3 is 9.80 Å². The second-order valence-corrected chi connectivity index (χ2v) is 10.0. The summed E-state index contributed by atoms with van der Waals surface area (Å²) in [4.78, 5) is 21.3. The van der Waals surface area contributed by atoms with E-state index in [-0.39, 0.29) is 10.8 Å². The van der Waals surface area contributed by atoms with Gasteiger partial charge in [-0.25, -0.2) is 13.4 Å². The average Bonchev–Trinajstić information content (AvgIpc) is 3.14. The van der Waals surface area contributed by atoms with E-state index in [0.717, 1.165) is 25.7 Å². The van der Waals surface area contributed by atoms with Crippen LogP contribution in [0.2, 0.25) is 0 Å². The van der Waals surface area contributed by atoms with Crippen LogP contribution in [0.15, 0.2) is 47.5 Å². The van der Waals surface area contributed by atoms with Gasteiger partial charge in [-0.1, -0.05) is 12.8 Å². The maximum Gasteiger partial charge on any atom is 0.253 e. The number of amides is 1. The Kier molecular flexibility index (Phi) is 6.72. The highest BCUT2D eigenvalue weighted by molar-refractivity contribution is 7.89. The van der Waals surface area contributed by atoms with Crippen molar-refractivity contribution in [1.82, 2.24) is 14.2 Å². The highest BCUT2D eigenvalue weighted by Gasteiger charge is 2.27. The molecular weight excluding hydrogens is 426 g/mol. The van der Waals surface area contributed by atoms with Crippen LogP contribution in [0.25, 0.3) is 0 Å². The topological polar surface area (TPSA) is 97.6 Å². The molecule has 8 nitrogen and oxygen atoms in total. The minimum atomic E-state index is -3.53. The molecule has 1 aromatic heterocycles. The number of rotatable bonds is 4. The van der Waals surface area contributed by atoms with Crippen molar-refractivity contribution in [2.45, 2.75) is 30.6 Å². The third-order valence-electron chi connectivity index (χ3n) is 6.08. The molecule has 0 bridgehead atoms. The van der Waals surface area contributed by atoms with Gasteiger partial charge in [0.2, 0.25) is 10.0 Å². The van der Waals surface area contributed by atoms with Crippen molar-refractivity contribution < 1.29 is 13.2 Å². The molecule has 0 N–H and O–H groups in total. The van der Waals surface area contributed by atoms with Crippen LogP contribution in [0.4, 0.5) is 5.82 Å². The molecule has 1 amide bonds. The zero-order chi connectivity index (χ0) is 22.6. The molecule has 168 valence electrons. The number of hydrogen-bond acceptors (Lipinski definition) is 6. The molecule has 3 heterocycles. The van der Waals surface area contributed by atoms with Crippen molar-refractivity contribution in [3.8, 4) is 6.07 Å². The van der Waals surface area contributed by atoms with E-state index in [9.17, 15) is 18.5 Å². The van der Waals surface area contributed by atoms with Crippen LogP contribution in [0.5, 0.6) is 0 Å². The molecule has 2 aliphatic rings. The number of anilines is 1. The zero-order valence-corrected chi connectivity index (χ0v) is 18.8. The summed E-state index contributed by atoms with van der Waals surface area (Å²) in [6, 6.07) is 11.9. The Morgan fingerprint density at radius 3 is 2.19 bits per heavy atom. The summed E-state index contributed by atoms with van der Waals surface area (Å²) < 4.78 is 27.4. The number of carbonyl (C=O) groups excluding carboxylic acids is 1. The van der Waals surface area contributed by atoms with Gasteiger partial charge in [0.15, 0.2) is 0 Å². The lowest BCUT2D eigenvalue weighted by Gasteiger charge is -2.35. The number of sulfonamides is 1. The predicted molar refractivity (Wildman–Crippen MR) is 121 cm³/mol. The summed E-state index contributed by atoms with van der Waals surface area (Å²) in [5.74, 6) is 0.523. The predicted octanol–water partition coefficient (Wildman–Crippen LogP) is 2.48. The summed E-state index contributed by atoms with van der Waals surface area (Å²) in [5, 5.41) is 9.29. The fourth-order valence-electron chi connectivity index (χ4n) is 4.24. The monoisotopic (exact) mass is 453 g/mol. The highest BCUT2D eigenvalue weighted by Crippen LogP contribution is 2.22. The van der Waals surface area contributed by atoms with Gasteiger partial charge in [0.05, 0.1) is 10.5 Å². The van der Waals surface area contributed by atoms with Crippen LogP contribution in [0, 0.1) is 11.3 Å². The zero-order valence-electron chi connectivity index (χ0n) is 18.0. The molecule has 0 saturated carbocycles. The van der Waals surface area contributed by atoms with Gasteiger partial charge in [-0.3, -0.25) is 4.79 Å². The van der Waals surface area contributed by atoms with Crippen molar-refractivity contribution in [2.24, 2.45) is 0 Å². The van der Waals surface area contributed by atoms with Gasteiger partial charge in [-0.2, -0.15) is 9.57 Å². The first-order chi connectivity index (χ1) is 15.5. The molecule has 0 aliphatic carbocycles. The number of hydrogen-bond donors (Lipinski definition) is 0. The van der Waals surface area contributed by atoms with Crippen LogP contribution >= 0.6 is 0 Å². The van der Waals surface area contributed by atoms with Crippen molar-refractivity contribution in [3.63, 3.8) is 0 Å². The molecule has 32 heavy (non-hydrogen) atoms. The first-order valence-electron chi connectivity index (χ1n) is 11.0. The molecule has 0 atom stereocenters. The second-order valence-electron chi connectivity index (χ2n) is 8.11. The number of carbonyl (C=O) groups is 1.